The summed E-state index contributed by atoms with van der Waals surface area (Å²) in [6.45, 7) is 0. The molecule has 1 N–H and O–H groups in total. The van der Waals surface area contributed by atoms with Gasteiger partial charge in [-0.25, -0.2) is 9.69 Å². The molecule has 0 aliphatic carbocycles. The lowest BCUT2D eigenvalue weighted by atomic mass is 9.96. The zero-order valence-corrected chi connectivity index (χ0v) is 21.1. The third-order valence-corrected chi connectivity index (χ3v) is 6.97. The van der Waals surface area contributed by atoms with E-state index in [1.54, 1.807) is 18.4 Å². The Labute approximate surface area is 218 Å². The van der Waals surface area contributed by atoms with Crippen LogP contribution in [0.3, 0.4) is 0 Å². The molecule has 1 atom stereocenters. The van der Waals surface area contributed by atoms with Crippen LogP contribution < -0.4 is 4.74 Å². The van der Waals surface area contributed by atoms with Gasteiger partial charge >= 0.3 is 5.97 Å². The number of benzene rings is 2. The summed E-state index contributed by atoms with van der Waals surface area (Å²) >= 11 is 1.57. The molecule has 8 nitrogen and oxygen atoms in total. The smallest absolute Gasteiger partial charge is 0.303 e. The van der Waals surface area contributed by atoms with Gasteiger partial charge in [0.05, 0.1) is 24.6 Å². The number of rotatable bonds is 9. The zero-order chi connectivity index (χ0) is 25.8. The van der Waals surface area contributed by atoms with E-state index < -0.39 is 12.0 Å². The Morgan fingerprint density at radius 2 is 1.86 bits per heavy atom. The van der Waals surface area contributed by atoms with Crippen molar-refractivity contribution in [2.45, 2.75) is 31.7 Å². The summed E-state index contributed by atoms with van der Waals surface area (Å²) in [6, 6.07) is 19.1. The van der Waals surface area contributed by atoms with Gasteiger partial charge in [-0.05, 0) is 47.5 Å². The minimum Gasteiger partial charge on any atom is -0.496 e. The number of thiophene rings is 1. The minimum absolute atomic E-state index is 0.0657. The van der Waals surface area contributed by atoms with E-state index in [2.05, 4.69) is 0 Å². The molecule has 0 spiro atoms. The number of carboxylic acids is 1. The molecular formula is C28H26N4O4S. The fraction of sp³-hybridized carbons (Fsp3) is 0.214. The van der Waals surface area contributed by atoms with Crippen molar-refractivity contribution in [2.24, 2.45) is 5.10 Å². The van der Waals surface area contributed by atoms with Gasteiger partial charge in [0, 0.05) is 42.1 Å². The number of methoxy groups -OCH3 is 1. The fourth-order valence-corrected chi connectivity index (χ4v) is 5.15. The number of ether oxygens (including phenoxy) is 1. The molecule has 5 rings (SSSR count). The second-order valence-electron chi connectivity index (χ2n) is 8.68. The lowest BCUT2D eigenvalue weighted by molar-refractivity contribution is -0.137. The fourth-order valence-electron chi connectivity index (χ4n) is 4.48. The standard InChI is InChI=1S/C28H26N4O4S/c1-36-25-11-6-5-10-21(25)28-22(17-31(30-28)20-8-3-2-4-9-20)24-16-23(19-14-15-37-18-19)29-32(24)26(33)12-7-13-27(34)35/h2-6,8-11,14-15,17-18,24H,7,12-13,16H2,1H3,(H,34,35)/t24-/m1/s1. The van der Waals surface area contributed by atoms with Gasteiger partial charge in [0.15, 0.2) is 0 Å². The molecule has 4 aromatic rings. The molecule has 0 saturated heterocycles. The van der Waals surface area contributed by atoms with Crippen molar-refractivity contribution < 1.29 is 19.4 Å². The van der Waals surface area contributed by atoms with Gasteiger partial charge in [0.2, 0.25) is 5.91 Å². The van der Waals surface area contributed by atoms with E-state index in [0.29, 0.717) is 17.9 Å². The van der Waals surface area contributed by atoms with E-state index in [0.717, 1.165) is 28.1 Å². The summed E-state index contributed by atoms with van der Waals surface area (Å²) in [5.41, 5.74) is 5.05. The second-order valence-corrected chi connectivity index (χ2v) is 9.46. The lowest BCUT2D eigenvalue weighted by Gasteiger charge is -2.22. The molecule has 2 aromatic carbocycles. The van der Waals surface area contributed by atoms with E-state index >= 15 is 0 Å². The van der Waals surface area contributed by atoms with Gasteiger partial charge in [0.1, 0.15) is 11.4 Å². The van der Waals surface area contributed by atoms with Crippen LogP contribution in [0, 0.1) is 0 Å². The summed E-state index contributed by atoms with van der Waals surface area (Å²) in [5, 5.41) is 24.2. The van der Waals surface area contributed by atoms with Crippen molar-refractivity contribution in [1.82, 2.24) is 14.8 Å². The Kier molecular flexibility index (Phi) is 7.14. The van der Waals surface area contributed by atoms with E-state index in [4.69, 9.17) is 20.0 Å². The molecule has 0 saturated carbocycles. The van der Waals surface area contributed by atoms with Gasteiger partial charge in [-0.2, -0.15) is 21.5 Å². The van der Waals surface area contributed by atoms with Gasteiger partial charge in [-0.1, -0.05) is 30.3 Å². The molecule has 2 aromatic heterocycles. The Hall–Kier alpha value is -4.24. The Bertz CT molecular complexity index is 1430. The first kappa shape index (κ1) is 24.5. The maximum atomic E-state index is 13.4. The van der Waals surface area contributed by atoms with E-state index in [9.17, 15) is 9.59 Å². The second kappa shape index (κ2) is 10.8. The number of aliphatic carboxylic acids is 1. The normalized spacial score (nSPS) is 15.0. The minimum atomic E-state index is -0.921. The van der Waals surface area contributed by atoms with Gasteiger partial charge in [0.25, 0.3) is 0 Å². The molecule has 0 radical (unpaired) electrons. The van der Waals surface area contributed by atoms with E-state index in [1.165, 1.54) is 5.01 Å². The third-order valence-electron chi connectivity index (χ3n) is 6.29. The molecule has 37 heavy (non-hydrogen) atoms. The predicted molar refractivity (Wildman–Crippen MR) is 142 cm³/mol. The van der Waals surface area contributed by atoms with Crippen LogP contribution in [0.1, 0.15) is 42.9 Å². The predicted octanol–water partition coefficient (Wildman–Crippen LogP) is 5.54. The average molecular weight is 515 g/mol. The van der Waals surface area contributed by atoms with Crippen molar-refractivity contribution in [2.75, 3.05) is 7.11 Å². The number of hydrogen-bond donors (Lipinski definition) is 1. The maximum absolute atomic E-state index is 13.4. The van der Waals surface area contributed by atoms with Crippen molar-refractivity contribution in [3.8, 4) is 22.7 Å². The lowest BCUT2D eigenvalue weighted by Crippen LogP contribution is -2.27. The van der Waals surface area contributed by atoms with Crippen LogP contribution >= 0.6 is 11.3 Å². The van der Waals surface area contributed by atoms with E-state index in [-0.39, 0.29) is 25.2 Å². The Morgan fingerprint density at radius 3 is 2.59 bits per heavy atom. The first-order valence-electron chi connectivity index (χ1n) is 12.0. The van der Waals surface area contributed by atoms with Crippen LogP contribution in [0.4, 0.5) is 0 Å². The van der Waals surface area contributed by atoms with Crippen molar-refractivity contribution in [1.29, 1.82) is 0 Å². The number of carboxylic acid groups (broad SMARTS) is 1. The summed E-state index contributed by atoms with van der Waals surface area (Å²) in [7, 11) is 1.62. The number of para-hydroxylation sites is 2. The number of nitrogens with zero attached hydrogens (tertiary/aromatic N) is 4. The van der Waals surface area contributed by atoms with Crippen molar-refractivity contribution in [3.63, 3.8) is 0 Å². The van der Waals surface area contributed by atoms with Crippen LogP contribution in [0.2, 0.25) is 0 Å². The topological polar surface area (TPSA) is 97.0 Å². The van der Waals surface area contributed by atoms with Crippen molar-refractivity contribution >= 4 is 28.9 Å². The largest absolute Gasteiger partial charge is 0.496 e. The summed E-state index contributed by atoms with van der Waals surface area (Å²) in [4.78, 5) is 24.4. The Balaban J connectivity index is 1.59. The molecule has 0 fully saturated rings. The molecule has 3 heterocycles. The highest BCUT2D eigenvalue weighted by atomic mass is 32.1. The molecule has 0 bridgehead atoms. The van der Waals surface area contributed by atoms with Gasteiger partial charge in [-0.15, -0.1) is 0 Å². The number of hydrazone groups is 1. The highest BCUT2D eigenvalue weighted by Crippen LogP contribution is 2.41. The quantitative estimate of drug-likeness (QED) is 0.316. The molecule has 9 heteroatoms. The maximum Gasteiger partial charge on any atom is 0.303 e. The van der Waals surface area contributed by atoms with Crippen LogP contribution in [-0.2, 0) is 9.59 Å². The number of hydrogen-bond acceptors (Lipinski definition) is 6. The highest BCUT2D eigenvalue weighted by molar-refractivity contribution is 7.08. The molecule has 188 valence electrons. The molecule has 1 amide bonds. The summed E-state index contributed by atoms with van der Waals surface area (Å²) in [6.07, 6.45) is 2.75. The van der Waals surface area contributed by atoms with Crippen molar-refractivity contribution in [3.05, 3.63) is 88.7 Å². The third kappa shape index (κ3) is 5.17. The number of carbonyl (C=O) groups is 2. The zero-order valence-electron chi connectivity index (χ0n) is 20.3. The molecule has 1 aliphatic heterocycles. The number of amides is 1. The summed E-state index contributed by atoms with van der Waals surface area (Å²) in [5.74, 6) is -0.455. The molecule has 0 unspecified atom stereocenters. The number of carbonyl (C=O) groups excluding carboxylic acids is 1. The number of aromatic nitrogens is 2. The van der Waals surface area contributed by atoms with Crippen LogP contribution in [-0.4, -0.2) is 44.6 Å². The Morgan fingerprint density at radius 1 is 1.08 bits per heavy atom. The molecular weight excluding hydrogens is 488 g/mol. The molecule has 1 aliphatic rings. The summed E-state index contributed by atoms with van der Waals surface area (Å²) < 4.78 is 7.46. The first-order valence-corrected chi connectivity index (χ1v) is 12.9. The average Bonchev–Trinajstić information content (AvgIpc) is 3.68. The van der Waals surface area contributed by atoms with Gasteiger partial charge in [-0.3, -0.25) is 9.59 Å². The monoisotopic (exact) mass is 514 g/mol. The van der Waals surface area contributed by atoms with Gasteiger partial charge < -0.3 is 9.84 Å². The van der Waals surface area contributed by atoms with E-state index in [1.807, 2.05) is 82.3 Å². The SMILES string of the molecule is COc1ccccc1-c1nn(-c2ccccc2)cc1[C@H]1CC(c2ccsc2)=NN1C(=O)CCCC(=O)O. The highest BCUT2D eigenvalue weighted by Gasteiger charge is 2.36. The van der Waals surface area contributed by atoms with Crippen LogP contribution in [0.5, 0.6) is 5.75 Å². The van der Waals surface area contributed by atoms with Crippen LogP contribution in [0.15, 0.2) is 82.7 Å². The van der Waals surface area contributed by atoms with Crippen LogP contribution in [0.25, 0.3) is 16.9 Å². The first-order chi connectivity index (χ1) is 18.0.